The maximum absolute atomic E-state index is 13.9. The van der Waals surface area contributed by atoms with Crippen LogP contribution in [0.15, 0.2) is 65.1 Å². The second kappa shape index (κ2) is 6.34. The Kier molecular flexibility index (Phi) is 3.88. The molecule has 0 bridgehead atoms. The van der Waals surface area contributed by atoms with Crippen LogP contribution >= 0.6 is 11.3 Å². The Bertz CT molecular complexity index is 1100. The van der Waals surface area contributed by atoms with Crippen molar-refractivity contribution in [3.8, 4) is 17.4 Å². The zero-order valence-electron chi connectivity index (χ0n) is 12.9. The average molecular weight is 346 g/mol. The van der Waals surface area contributed by atoms with Crippen molar-refractivity contribution in [3.63, 3.8) is 0 Å². The fourth-order valence-electron chi connectivity index (χ4n) is 2.51. The van der Waals surface area contributed by atoms with Gasteiger partial charge in [0.05, 0.1) is 21.4 Å². The highest BCUT2D eigenvalue weighted by molar-refractivity contribution is 7.19. The highest BCUT2D eigenvalue weighted by Gasteiger charge is 2.12. The number of nitriles is 1. The Labute approximate surface area is 147 Å². The lowest BCUT2D eigenvalue weighted by atomic mass is 10.1. The number of fused-ring (bicyclic) bond motifs is 1. The molecular weight excluding hydrogens is 335 g/mol. The Hall–Kier alpha value is -3.23. The first-order chi connectivity index (χ1) is 12.2. The van der Waals surface area contributed by atoms with Crippen LogP contribution in [0.4, 0.5) is 4.39 Å². The number of aromatic nitrogens is 1. The molecular formula is C20H11FN2OS. The molecule has 0 atom stereocenters. The number of furan rings is 1. The quantitative estimate of drug-likeness (QED) is 0.443. The van der Waals surface area contributed by atoms with Gasteiger partial charge in [0, 0.05) is 6.08 Å². The van der Waals surface area contributed by atoms with Crippen LogP contribution in [0.5, 0.6) is 0 Å². The Balaban J connectivity index is 1.72. The minimum atomic E-state index is -0.348. The van der Waals surface area contributed by atoms with Crippen LogP contribution in [-0.4, -0.2) is 4.98 Å². The van der Waals surface area contributed by atoms with Crippen molar-refractivity contribution in [3.05, 3.63) is 77.2 Å². The molecule has 0 spiro atoms. The number of halogens is 1. The number of benzene rings is 2. The van der Waals surface area contributed by atoms with Crippen LogP contribution in [-0.2, 0) is 0 Å². The van der Waals surface area contributed by atoms with E-state index in [2.05, 4.69) is 11.1 Å². The van der Waals surface area contributed by atoms with Crippen molar-refractivity contribution < 1.29 is 8.81 Å². The minimum Gasteiger partial charge on any atom is -0.457 e. The van der Waals surface area contributed by atoms with Crippen molar-refractivity contribution in [1.29, 1.82) is 5.26 Å². The van der Waals surface area contributed by atoms with Crippen LogP contribution in [0.3, 0.4) is 0 Å². The van der Waals surface area contributed by atoms with Crippen LogP contribution in [0.2, 0.25) is 0 Å². The van der Waals surface area contributed by atoms with Gasteiger partial charge in [-0.15, -0.1) is 11.3 Å². The molecule has 0 amide bonds. The number of allylic oxidation sites excluding steroid dienone is 1. The van der Waals surface area contributed by atoms with E-state index in [-0.39, 0.29) is 5.82 Å². The third-order valence-electron chi connectivity index (χ3n) is 3.70. The smallest absolute Gasteiger partial charge is 0.137 e. The molecule has 120 valence electrons. The summed E-state index contributed by atoms with van der Waals surface area (Å²) in [6.45, 7) is 0. The number of nitrogens with zero attached hydrogens (tertiary/aromatic N) is 2. The predicted molar refractivity (Wildman–Crippen MR) is 97.2 cm³/mol. The van der Waals surface area contributed by atoms with Crippen LogP contribution < -0.4 is 0 Å². The van der Waals surface area contributed by atoms with Gasteiger partial charge in [-0.05, 0) is 36.4 Å². The van der Waals surface area contributed by atoms with Gasteiger partial charge in [0.15, 0.2) is 0 Å². The summed E-state index contributed by atoms with van der Waals surface area (Å²) >= 11 is 1.45. The van der Waals surface area contributed by atoms with E-state index in [1.807, 2.05) is 24.3 Å². The third kappa shape index (κ3) is 2.95. The molecule has 4 aromatic rings. The maximum Gasteiger partial charge on any atom is 0.137 e. The summed E-state index contributed by atoms with van der Waals surface area (Å²) in [5.41, 5.74) is 1.66. The van der Waals surface area contributed by atoms with Crippen molar-refractivity contribution in [1.82, 2.24) is 4.98 Å². The molecule has 2 aromatic carbocycles. The summed E-state index contributed by atoms with van der Waals surface area (Å²) in [4.78, 5) is 4.49. The topological polar surface area (TPSA) is 49.8 Å². The first-order valence-corrected chi connectivity index (χ1v) is 8.39. The van der Waals surface area contributed by atoms with Gasteiger partial charge in [-0.25, -0.2) is 9.37 Å². The van der Waals surface area contributed by atoms with Crippen molar-refractivity contribution in [2.24, 2.45) is 0 Å². The molecule has 0 radical (unpaired) electrons. The highest BCUT2D eigenvalue weighted by atomic mass is 32.1. The minimum absolute atomic E-state index is 0.348. The van der Waals surface area contributed by atoms with Gasteiger partial charge in [0.1, 0.15) is 28.4 Å². The summed E-state index contributed by atoms with van der Waals surface area (Å²) in [6, 6.07) is 19.7. The maximum atomic E-state index is 13.9. The molecule has 4 rings (SSSR count). The number of hydrogen-bond donors (Lipinski definition) is 0. The van der Waals surface area contributed by atoms with E-state index in [0.717, 1.165) is 10.2 Å². The van der Waals surface area contributed by atoms with Crippen LogP contribution in [0.1, 0.15) is 10.8 Å². The zero-order valence-corrected chi connectivity index (χ0v) is 13.8. The summed E-state index contributed by atoms with van der Waals surface area (Å²) in [5, 5.41) is 10.1. The Morgan fingerprint density at radius 2 is 1.88 bits per heavy atom. The van der Waals surface area contributed by atoms with E-state index in [1.54, 1.807) is 36.4 Å². The van der Waals surface area contributed by atoms with Crippen LogP contribution in [0, 0.1) is 17.1 Å². The van der Waals surface area contributed by atoms with E-state index < -0.39 is 0 Å². The summed E-state index contributed by atoms with van der Waals surface area (Å²) in [7, 11) is 0. The average Bonchev–Trinajstić information content (AvgIpc) is 3.26. The molecule has 0 aliphatic rings. The first-order valence-electron chi connectivity index (χ1n) is 7.57. The fourth-order valence-corrected chi connectivity index (χ4v) is 3.44. The van der Waals surface area contributed by atoms with E-state index >= 15 is 0 Å². The number of rotatable bonds is 3. The first kappa shape index (κ1) is 15.3. The lowest BCUT2D eigenvalue weighted by molar-refractivity contribution is 0.561. The Morgan fingerprint density at radius 3 is 2.68 bits per heavy atom. The zero-order chi connectivity index (χ0) is 17.2. The molecule has 2 heterocycles. The molecule has 25 heavy (non-hydrogen) atoms. The lowest BCUT2D eigenvalue weighted by Gasteiger charge is -1.98. The van der Waals surface area contributed by atoms with Gasteiger partial charge in [0.25, 0.3) is 0 Å². The lowest BCUT2D eigenvalue weighted by Crippen LogP contribution is -1.80. The predicted octanol–water partition coefficient (Wildman–Crippen LogP) is 5.76. The van der Waals surface area contributed by atoms with E-state index in [0.29, 0.717) is 27.7 Å². The second-order valence-electron chi connectivity index (χ2n) is 5.34. The summed E-state index contributed by atoms with van der Waals surface area (Å²) in [6.07, 6.45) is 1.63. The third-order valence-corrected chi connectivity index (χ3v) is 4.77. The molecule has 0 aliphatic heterocycles. The van der Waals surface area contributed by atoms with E-state index in [4.69, 9.17) is 4.42 Å². The van der Waals surface area contributed by atoms with Gasteiger partial charge in [-0.1, -0.05) is 24.3 Å². The van der Waals surface area contributed by atoms with E-state index in [1.165, 1.54) is 17.4 Å². The molecule has 0 fully saturated rings. The number of hydrogen-bond acceptors (Lipinski definition) is 4. The van der Waals surface area contributed by atoms with Crippen LogP contribution in [0.25, 0.3) is 33.2 Å². The highest BCUT2D eigenvalue weighted by Crippen LogP contribution is 2.30. The molecule has 5 heteroatoms. The van der Waals surface area contributed by atoms with Crippen molar-refractivity contribution in [2.75, 3.05) is 0 Å². The Morgan fingerprint density at radius 1 is 1.08 bits per heavy atom. The number of para-hydroxylation sites is 1. The van der Waals surface area contributed by atoms with Gasteiger partial charge in [-0.2, -0.15) is 5.26 Å². The standard InChI is InChI=1S/C20H11FN2OS/c21-16-6-2-1-5-15(16)18-10-9-14(24-18)11-13(12-22)20-23-17-7-3-4-8-19(17)25-20/h1-11H. The SMILES string of the molecule is N#CC(=Cc1ccc(-c2ccccc2F)o1)c1nc2ccccc2s1. The molecule has 0 N–H and O–H groups in total. The van der Waals surface area contributed by atoms with Gasteiger partial charge in [-0.3, -0.25) is 0 Å². The monoisotopic (exact) mass is 346 g/mol. The van der Waals surface area contributed by atoms with Gasteiger partial charge in [0.2, 0.25) is 0 Å². The molecule has 0 saturated carbocycles. The summed E-state index contributed by atoms with van der Waals surface area (Å²) < 4.78 is 20.6. The molecule has 2 aromatic heterocycles. The van der Waals surface area contributed by atoms with Gasteiger partial charge >= 0.3 is 0 Å². The molecule has 0 unspecified atom stereocenters. The number of thiazole rings is 1. The normalized spacial score (nSPS) is 11.6. The van der Waals surface area contributed by atoms with Crippen molar-refractivity contribution in [2.45, 2.75) is 0 Å². The van der Waals surface area contributed by atoms with Gasteiger partial charge < -0.3 is 4.42 Å². The van der Waals surface area contributed by atoms with E-state index in [9.17, 15) is 9.65 Å². The molecule has 0 aliphatic carbocycles. The molecule has 0 saturated heterocycles. The largest absolute Gasteiger partial charge is 0.457 e. The molecule has 3 nitrogen and oxygen atoms in total. The second-order valence-corrected chi connectivity index (χ2v) is 6.37. The van der Waals surface area contributed by atoms with Crippen molar-refractivity contribution >= 4 is 33.2 Å². The summed E-state index contributed by atoms with van der Waals surface area (Å²) in [5.74, 6) is 0.555. The fraction of sp³-hybridized carbons (Fsp3) is 0.